The molecule has 1 atom stereocenters. The van der Waals surface area contributed by atoms with Crippen LogP contribution < -0.4 is 10.6 Å². The van der Waals surface area contributed by atoms with Gasteiger partial charge in [-0.05, 0) is 38.0 Å². The zero-order valence-electron chi connectivity index (χ0n) is 19.3. The van der Waals surface area contributed by atoms with Crippen molar-refractivity contribution in [3.05, 3.63) is 29.8 Å². The maximum atomic E-state index is 12.9. The van der Waals surface area contributed by atoms with Crippen molar-refractivity contribution in [3.63, 3.8) is 0 Å². The summed E-state index contributed by atoms with van der Waals surface area (Å²) in [6, 6.07) is 6.08. The topological polar surface area (TPSA) is 108 Å². The molecule has 0 radical (unpaired) electrons. The predicted molar refractivity (Wildman–Crippen MR) is 121 cm³/mol. The highest BCUT2D eigenvalue weighted by Crippen LogP contribution is 2.15. The van der Waals surface area contributed by atoms with Crippen LogP contribution >= 0.6 is 0 Å². The van der Waals surface area contributed by atoms with Crippen LogP contribution in [0, 0.1) is 5.92 Å². The van der Waals surface area contributed by atoms with E-state index < -0.39 is 12.0 Å². The fourth-order valence-corrected chi connectivity index (χ4v) is 3.43. The van der Waals surface area contributed by atoms with E-state index in [9.17, 15) is 19.2 Å². The molecule has 0 saturated carbocycles. The Morgan fingerprint density at radius 3 is 2.62 bits per heavy atom. The Morgan fingerprint density at radius 1 is 1.25 bits per heavy atom. The van der Waals surface area contributed by atoms with Gasteiger partial charge < -0.3 is 25.2 Å². The van der Waals surface area contributed by atoms with E-state index in [1.54, 1.807) is 29.2 Å². The molecule has 0 bridgehead atoms. The largest absolute Gasteiger partial charge is 0.465 e. The summed E-state index contributed by atoms with van der Waals surface area (Å²) in [7, 11) is 0. The van der Waals surface area contributed by atoms with Gasteiger partial charge in [-0.2, -0.15) is 0 Å². The van der Waals surface area contributed by atoms with Crippen molar-refractivity contribution in [2.75, 3.05) is 44.6 Å². The molecule has 0 aliphatic carbocycles. The van der Waals surface area contributed by atoms with E-state index in [0.29, 0.717) is 37.4 Å². The number of hydrogen-bond donors (Lipinski definition) is 2. The minimum atomic E-state index is -0.895. The van der Waals surface area contributed by atoms with E-state index in [0.717, 1.165) is 0 Å². The van der Waals surface area contributed by atoms with Crippen molar-refractivity contribution in [3.8, 4) is 0 Å². The van der Waals surface area contributed by atoms with Crippen LogP contribution in [0.25, 0.3) is 0 Å². The van der Waals surface area contributed by atoms with Crippen LogP contribution in [0.1, 0.15) is 44.5 Å². The second-order valence-corrected chi connectivity index (χ2v) is 8.09. The number of ether oxygens (including phenoxy) is 1. The smallest absolute Gasteiger partial charge is 0.308 e. The standard InChI is InChI=1S/C23H34N4O5/c1-5-26(6-2)23(31)17-8-7-9-18(12-17)25-14-20(28)27-11-10-24-22(30)19(27)13-21(29)32-15-16(3)4/h7-9,12,16,19,25H,5-6,10-11,13-15H2,1-4H3,(H,24,30). The molecule has 9 heteroatoms. The maximum absolute atomic E-state index is 12.9. The molecule has 0 spiro atoms. The Labute approximate surface area is 189 Å². The minimum Gasteiger partial charge on any atom is -0.465 e. The van der Waals surface area contributed by atoms with Crippen LogP contribution in [-0.2, 0) is 19.1 Å². The van der Waals surface area contributed by atoms with Gasteiger partial charge in [-0.3, -0.25) is 19.2 Å². The number of nitrogens with one attached hydrogen (secondary N) is 2. The molecule has 3 amide bonds. The molecule has 176 valence electrons. The van der Waals surface area contributed by atoms with E-state index in [2.05, 4.69) is 10.6 Å². The first-order valence-corrected chi connectivity index (χ1v) is 11.1. The Balaban J connectivity index is 2.01. The van der Waals surface area contributed by atoms with Gasteiger partial charge in [0.15, 0.2) is 0 Å². The number of benzene rings is 1. The molecule has 1 fully saturated rings. The SMILES string of the molecule is CCN(CC)C(=O)c1cccc(NCC(=O)N2CCNC(=O)C2CC(=O)OCC(C)C)c1. The zero-order valence-corrected chi connectivity index (χ0v) is 19.3. The van der Waals surface area contributed by atoms with Crippen molar-refractivity contribution in [2.24, 2.45) is 5.92 Å². The lowest BCUT2D eigenvalue weighted by Crippen LogP contribution is -2.58. The molecule has 1 aromatic carbocycles. The van der Waals surface area contributed by atoms with Crippen LogP contribution in [0.3, 0.4) is 0 Å². The van der Waals surface area contributed by atoms with Crippen molar-refractivity contribution >= 4 is 29.4 Å². The van der Waals surface area contributed by atoms with Crippen LogP contribution in [-0.4, -0.2) is 78.9 Å². The number of anilines is 1. The quantitative estimate of drug-likeness (QED) is 0.528. The van der Waals surface area contributed by atoms with Gasteiger partial charge in [-0.1, -0.05) is 19.9 Å². The number of nitrogens with zero attached hydrogens (tertiary/aromatic N) is 2. The highest BCUT2D eigenvalue weighted by molar-refractivity contribution is 5.95. The predicted octanol–water partition coefficient (Wildman–Crippen LogP) is 1.50. The highest BCUT2D eigenvalue weighted by atomic mass is 16.5. The van der Waals surface area contributed by atoms with Gasteiger partial charge in [-0.15, -0.1) is 0 Å². The zero-order chi connectivity index (χ0) is 23.7. The lowest BCUT2D eigenvalue weighted by Gasteiger charge is -2.34. The Bertz CT molecular complexity index is 822. The summed E-state index contributed by atoms with van der Waals surface area (Å²) in [5.41, 5.74) is 1.17. The van der Waals surface area contributed by atoms with Crippen molar-refractivity contribution in [1.82, 2.24) is 15.1 Å². The van der Waals surface area contributed by atoms with Crippen LogP contribution in [0.5, 0.6) is 0 Å². The first-order valence-electron chi connectivity index (χ1n) is 11.1. The second-order valence-electron chi connectivity index (χ2n) is 8.09. The summed E-state index contributed by atoms with van der Waals surface area (Å²) in [4.78, 5) is 53.0. The van der Waals surface area contributed by atoms with Crippen molar-refractivity contribution < 1.29 is 23.9 Å². The summed E-state index contributed by atoms with van der Waals surface area (Å²) < 4.78 is 5.18. The summed E-state index contributed by atoms with van der Waals surface area (Å²) in [6.07, 6.45) is -0.182. The lowest BCUT2D eigenvalue weighted by molar-refractivity contribution is -0.152. The maximum Gasteiger partial charge on any atom is 0.308 e. The molecule has 1 unspecified atom stereocenters. The average molecular weight is 447 g/mol. The van der Waals surface area contributed by atoms with Crippen LogP contribution in [0.2, 0.25) is 0 Å². The summed E-state index contributed by atoms with van der Waals surface area (Å²) in [5.74, 6) is -1.06. The Morgan fingerprint density at radius 2 is 1.97 bits per heavy atom. The molecule has 1 aromatic rings. The monoisotopic (exact) mass is 446 g/mol. The fraction of sp³-hybridized carbons (Fsp3) is 0.565. The van der Waals surface area contributed by atoms with E-state index in [4.69, 9.17) is 4.74 Å². The first-order chi connectivity index (χ1) is 15.3. The van der Waals surface area contributed by atoms with Crippen molar-refractivity contribution in [1.29, 1.82) is 0 Å². The van der Waals surface area contributed by atoms with Gasteiger partial charge in [0.2, 0.25) is 11.8 Å². The molecule has 32 heavy (non-hydrogen) atoms. The van der Waals surface area contributed by atoms with Gasteiger partial charge in [0, 0.05) is 37.4 Å². The lowest BCUT2D eigenvalue weighted by atomic mass is 10.1. The second kappa shape index (κ2) is 12.1. The average Bonchev–Trinajstić information content (AvgIpc) is 2.78. The number of esters is 1. The molecule has 1 saturated heterocycles. The number of piperazine rings is 1. The van der Waals surface area contributed by atoms with E-state index in [-0.39, 0.29) is 43.2 Å². The number of amides is 3. The molecule has 9 nitrogen and oxygen atoms in total. The highest BCUT2D eigenvalue weighted by Gasteiger charge is 2.35. The summed E-state index contributed by atoms with van der Waals surface area (Å²) >= 11 is 0. The molecule has 1 heterocycles. The third-order valence-electron chi connectivity index (χ3n) is 5.19. The van der Waals surface area contributed by atoms with Gasteiger partial charge in [0.05, 0.1) is 19.6 Å². The molecule has 1 aliphatic rings. The number of carbonyl (C=O) groups is 4. The van der Waals surface area contributed by atoms with Gasteiger partial charge in [0.25, 0.3) is 5.91 Å². The van der Waals surface area contributed by atoms with Gasteiger partial charge in [-0.25, -0.2) is 0 Å². The number of carbonyl (C=O) groups excluding carboxylic acids is 4. The number of hydrogen-bond acceptors (Lipinski definition) is 6. The molecule has 2 rings (SSSR count). The molecule has 1 aliphatic heterocycles. The Kier molecular flexibility index (Phi) is 9.49. The Hall–Kier alpha value is -3.10. The van der Waals surface area contributed by atoms with Crippen LogP contribution in [0.4, 0.5) is 5.69 Å². The summed E-state index contributed by atoms with van der Waals surface area (Å²) in [6.45, 7) is 9.77. The van der Waals surface area contributed by atoms with E-state index in [1.807, 2.05) is 27.7 Å². The fourth-order valence-electron chi connectivity index (χ4n) is 3.43. The van der Waals surface area contributed by atoms with Crippen LogP contribution in [0.15, 0.2) is 24.3 Å². The normalized spacial score (nSPS) is 15.8. The van der Waals surface area contributed by atoms with Gasteiger partial charge >= 0.3 is 5.97 Å². The minimum absolute atomic E-state index is 0.0618. The number of rotatable bonds is 10. The first kappa shape index (κ1) is 25.2. The molecule has 0 aromatic heterocycles. The van der Waals surface area contributed by atoms with E-state index in [1.165, 1.54) is 4.90 Å². The molecular weight excluding hydrogens is 412 g/mol. The van der Waals surface area contributed by atoms with Gasteiger partial charge in [0.1, 0.15) is 6.04 Å². The third-order valence-corrected chi connectivity index (χ3v) is 5.19. The third kappa shape index (κ3) is 6.96. The molecule has 2 N–H and O–H groups in total. The summed E-state index contributed by atoms with van der Waals surface area (Å²) in [5, 5.41) is 5.73. The molecular formula is C23H34N4O5. The van der Waals surface area contributed by atoms with Crippen molar-refractivity contribution in [2.45, 2.75) is 40.2 Å². The van der Waals surface area contributed by atoms with E-state index >= 15 is 0 Å².